The number of aliphatic hydroxyl groups excluding tert-OH is 1. The zero-order valence-corrected chi connectivity index (χ0v) is 9.82. The Morgan fingerprint density at radius 3 is 1.67 bits per heavy atom. The first-order chi connectivity index (χ1) is 4.90. The molecule has 1 N–H and O–H groups in total. The van der Waals surface area contributed by atoms with Gasteiger partial charge in [-0.3, -0.25) is 0 Å². The number of hydrogen-bond acceptors (Lipinski definition) is 4. The van der Waals surface area contributed by atoms with Gasteiger partial charge in [-0.25, -0.2) is 0 Å². The molecule has 0 amide bonds. The summed E-state index contributed by atoms with van der Waals surface area (Å²) in [6.07, 6.45) is 0. The minimum atomic E-state index is -3.80. The zero-order valence-electron chi connectivity index (χ0n) is 8.10. The van der Waals surface area contributed by atoms with Crippen molar-refractivity contribution >= 4 is 16.9 Å². The fraction of sp³-hybridized carbons (Fsp3) is 1.00. The van der Waals surface area contributed by atoms with E-state index in [9.17, 15) is 8.42 Å². The van der Waals surface area contributed by atoms with Crippen molar-refractivity contribution in [3.8, 4) is 0 Å². The Kier molecular flexibility index (Phi) is 2.98. The van der Waals surface area contributed by atoms with E-state index in [-0.39, 0.29) is 0 Å². The molecule has 0 aliphatic carbocycles. The maximum absolute atomic E-state index is 11.1. The van der Waals surface area contributed by atoms with Gasteiger partial charge in [-0.05, 0) is 0 Å². The van der Waals surface area contributed by atoms with Gasteiger partial charge in [0.25, 0.3) is 0 Å². The van der Waals surface area contributed by atoms with Crippen LogP contribution >= 0.6 is 6.83 Å². The predicted octanol–water partition coefficient (Wildman–Crippen LogP) is 0.659. The van der Waals surface area contributed by atoms with Crippen molar-refractivity contribution in [2.75, 3.05) is 26.7 Å². The molecule has 0 aliphatic rings. The Morgan fingerprint density at radius 1 is 1.25 bits per heavy atom. The van der Waals surface area contributed by atoms with Crippen molar-refractivity contribution in [1.29, 1.82) is 0 Å². The topological polar surface area (TPSA) is 63.6 Å². The summed E-state index contributed by atoms with van der Waals surface area (Å²) in [7, 11) is -3.80. The second-order valence-electron chi connectivity index (χ2n) is 4.58. The van der Waals surface area contributed by atoms with Gasteiger partial charge in [0.2, 0.25) is 0 Å². The third-order valence-corrected chi connectivity index (χ3v) is 4.87. The van der Waals surface area contributed by atoms with Crippen LogP contribution in [0.3, 0.4) is 0 Å². The van der Waals surface area contributed by atoms with E-state index in [4.69, 9.17) is 9.08 Å². The molecule has 0 aromatic heterocycles. The van der Waals surface area contributed by atoms with E-state index in [0.29, 0.717) is 0 Å². The van der Waals surface area contributed by atoms with Crippen molar-refractivity contribution in [1.82, 2.24) is 0 Å². The van der Waals surface area contributed by atoms with Crippen molar-refractivity contribution in [3.63, 3.8) is 0 Å². The van der Waals surface area contributed by atoms with E-state index < -0.39 is 22.4 Å². The molecule has 0 aromatic rings. The van der Waals surface area contributed by atoms with Gasteiger partial charge in [0.1, 0.15) is 0 Å². The van der Waals surface area contributed by atoms with Crippen LogP contribution in [0.4, 0.5) is 0 Å². The molecule has 4 nitrogen and oxygen atoms in total. The summed E-state index contributed by atoms with van der Waals surface area (Å²) in [5.41, 5.74) is -1.46. The van der Waals surface area contributed by atoms with Crippen LogP contribution in [-0.4, -0.2) is 45.6 Å². The molecule has 0 rings (SSSR count). The first-order valence-electron chi connectivity index (χ1n) is 3.54. The van der Waals surface area contributed by atoms with Gasteiger partial charge in [-0.15, -0.1) is 0 Å². The van der Waals surface area contributed by atoms with Crippen LogP contribution in [0.5, 0.6) is 0 Å². The predicted molar refractivity (Wildman–Crippen MR) is 52.3 cm³/mol. The Bertz CT molecular complexity index is 250. The molecule has 1 unspecified atom stereocenters. The summed E-state index contributed by atoms with van der Waals surface area (Å²) in [6.45, 7) is 5.64. The fourth-order valence-corrected chi connectivity index (χ4v) is 4.30. The molecule has 0 aromatic carbocycles. The minimum absolute atomic E-state index is 1.18. The second kappa shape index (κ2) is 2.91. The van der Waals surface area contributed by atoms with Gasteiger partial charge in [-0.1, -0.05) is 0 Å². The monoisotopic (exact) mass is 216 g/mol. The van der Waals surface area contributed by atoms with E-state index in [1.54, 1.807) is 26.7 Å². The van der Waals surface area contributed by atoms with Gasteiger partial charge >= 0.3 is 73.5 Å². The normalized spacial score (nSPS) is 19.7. The van der Waals surface area contributed by atoms with E-state index in [2.05, 4.69) is 0 Å². The van der Waals surface area contributed by atoms with Crippen molar-refractivity contribution < 1.29 is 17.5 Å². The molecule has 0 aliphatic heterocycles. The molecule has 0 fully saturated rings. The molecule has 0 saturated heterocycles. The summed E-state index contributed by atoms with van der Waals surface area (Å²) in [5, 5.41) is 8.87. The van der Waals surface area contributed by atoms with E-state index in [1.165, 1.54) is 6.92 Å². The van der Waals surface area contributed by atoms with Crippen LogP contribution in [0.2, 0.25) is 0 Å². The second-order valence-corrected chi connectivity index (χ2v) is 13.7. The summed E-state index contributed by atoms with van der Waals surface area (Å²) < 4.78 is 27.2. The van der Waals surface area contributed by atoms with E-state index in [1.807, 2.05) is 0 Å². The number of hydrogen-bond donors (Lipinski definition) is 1. The Balaban J connectivity index is 4.72. The van der Waals surface area contributed by atoms with Crippen molar-refractivity contribution in [2.45, 2.75) is 12.4 Å². The Labute approximate surface area is 74.1 Å². The molecule has 1 atom stereocenters. The Hall–Kier alpha value is 0.300. The molecule has 6 heteroatoms. The van der Waals surface area contributed by atoms with Crippen LogP contribution in [-0.2, 0) is 14.1 Å². The van der Waals surface area contributed by atoms with Crippen LogP contribution in [0.15, 0.2) is 0 Å². The molecular weight excluding hydrogens is 199 g/mol. The number of aliphatic hydroxyl groups is 1. The third-order valence-electron chi connectivity index (χ3n) is 0.820. The van der Waals surface area contributed by atoms with Crippen LogP contribution in [0, 0.1) is 0 Å². The summed E-state index contributed by atoms with van der Waals surface area (Å²) in [5.74, 6) is 0. The molecule has 0 radical (unpaired) electrons. The third kappa shape index (κ3) is 5.04. The fourth-order valence-electron chi connectivity index (χ4n) is 0.478. The standard InChI is InChI=1S/C6H17O4PS/c1-6(7)12(8,9)10-11(2,3,4)5/h6-7H,1-5H3. The molecule has 0 bridgehead atoms. The molecule has 12 heavy (non-hydrogen) atoms. The molecular formula is C6H17O4PS. The maximum atomic E-state index is 11.1. The quantitative estimate of drug-likeness (QED) is 0.704. The van der Waals surface area contributed by atoms with Crippen molar-refractivity contribution in [3.05, 3.63) is 0 Å². The molecule has 0 saturated carbocycles. The van der Waals surface area contributed by atoms with E-state index >= 15 is 0 Å². The van der Waals surface area contributed by atoms with Crippen LogP contribution < -0.4 is 0 Å². The van der Waals surface area contributed by atoms with Crippen LogP contribution in [0.25, 0.3) is 0 Å². The Morgan fingerprint density at radius 2 is 1.58 bits per heavy atom. The zero-order chi connectivity index (χ0) is 10.2. The van der Waals surface area contributed by atoms with Gasteiger partial charge in [-0.2, -0.15) is 0 Å². The van der Waals surface area contributed by atoms with Gasteiger partial charge in [0, 0.05) is 0 Å². The van der Waals surface area contributed by atoms with Gasteiger partial charge in [0.15, 0.2) is 0 Å². The summed E-state index contributed by atoms with van der Waals surface area (Å²) in [6, 6.07) is 0. The van der Waals surface area contributed by atoms with E-state index in [0.717, 1.165) is 0 Å². The molecule has 0 spiro atoms. The average molecular weight is 216 g/mol. The average Bonchev–Trinajstić information content (AvgIpc) is 1.53. The summed E-state index contributed by atoms with van der Waals surface area (Å²) in [4.78, 5) is 0. The van der Waals surface area contributed by atoms with Gasteiger partial charge < -0.3 is 0 Å². The van der Waals surface area contributed by atoms with Crippen molar-refractivity contribution in [2.24, 2.45) is 0 Å². The molecule has 76 valence electrons. The molecule has 0 heterocycles. The van der Waals surface area contributed by atoms with Crippen LogP contribution in [0.1, 0.15) is 6.92 Å². The first kappa shape index (κ1) is 12.3. The summed E-state index contributed by atoms with van der Waals surface area (Å²) >= 11 is 0. The van der Waals surface area contributed by atoms with Gasteiger partial charge in [0.05, 0.1) is 0 Å². The SMILES string of the molecule is CC(O)S(=O)(=O)OP(C)(C)(C)C. The number of rotatable bonds is 3. The first-order valence-corrected chi connectivity index (χ1v) is 8.96.